The van der Waals surface area contributed by atoms with E-state index in [9.17, 15) is 22.4 Å². The second kappa shape index (κ2) is 7.75. The smallest absolute Gasteiger partial charge is 0.323 e. The molecule has 28 heavy (non-hydrogen) atoms. The van der Waals surface area contributed by atoms with Gasteiger partial charge >= 0.3 is 6.18 Å². The number of carbonyl (C=O) groups is 1. The molecule has 0 aliphatic heterocycles. The van der Waals surface area contributed by atoms with Gasteiger partial charge in [-0.15, -0.1) is 11.6 Å². The molecule has 0 saturated carbocycles. The number of hydrogen-bond donors (Lipinski definition) is 1. The standard InChI is InChI=1S/C20H15ClF4N2O/c21-19(12-20(23,24)25,10-13-5-2-1-3-6-13)18(28)27-15-9-14-7-4-8-16(22)17(14)26-11-15/h1-9,11H,10,12H2,(H,27,28). The summed E-state index contributed by atoms with van der Waals surface area (Å²) < 4.78 is 53.0. The van der Waals surface area contributed by atoms with Gasteiger partial charge in [-0.1, -0.05) is 42.5 Å². The van der Waals surface area contributed by atoms with Crippen molar-refractivity contribution in [1.29, 1.82) is 0 Å². The molecule has 3 aromatic rings. The van der Waals surface area contributed by atoms with Crippen LogP contribution in [0.25, 0.3) is 10.9 Å². The number of para-hydroxylation sites is 1. The van der Waals surface area contributed by atoms with Gasteiger partial charge in [0.25, 0.3) is 0 Å². The van der Waals surface area contributed by atoms with E-state index in [1.165, 1.54) is 24.4 Å². The molecule has 1 amide bonds. The van der Waals surface area contributed by atoms with Gasteiger partial charge in [0.2, 0.25) is 5.91 Å². The second-order valence-electron chi connectivity index (χ2n) is 6.41. The van der Waals surface area contributed by atoms with Crippen LogP contribution in [0.4, 0.5) is 23.2 Å². The molecule has 8 heteroatoms. The van der Waals surface area contributed by atoms with Crippen molar-refractivity contribution >= 4 is 34.1 Å². The Morgan fingerprint density at radius 1 is 1.07 bits per heavy atom. The Labute approximate surface area is 163 Å². The van der Waals surface area contributed by atoms with E-state index in [1.807, 2.05) is 0 Å². The number of anilines is 1. The zero-order valence-electron chi connectivity index (χ0n) is 14.4. The van der Waals surface area contributed by atoms with Gasteiger partial charge in [0.1, 0.15) is 16.2 Å². The van der Waals surface area contributed by atoms with Crippen LogP contribution in [-0.4, -0.2) is 21.9 Å². The van der Waals surface area contributed by atoms with Crippen molar-refractivity contribution in [2.45, 2.75) is 23.9 Å². The number of amides is 1. The van der Waals surface area contributed by atoms with E-state index in [4.69, 9.17) is 11.6 Å². The minimum atomic E-state index is -4.64. The van der Waals surface area contributed by atoms with Crippen molar-refractivity contribution in [1.82, 2.24) is 4.98 Å². The predicted molar refractivity (Wildman–Crippen MR) is 99.7 cm³/mol. The molecule has 0 fully saturated rings. The maximum absolute atomic E-state index is 13.7. The third-order valence-corrected chi connectivity index (χ3v) is 4.57. The van der Waals surface area contributed by atoms with Crippen molar-refractivity contribution in [3.63, 3.8) is 0 Å². The van der Waals surface area contributed by atoms with Gasteiger partial charge in [0, 0.05) is 11.8 Å². The molecule has 0 aliphatic carbocycles. The van der Waals surface area contributed by atoms with E-state index in [-0.39, 0.29) is 17.6 Å². The first-order valence-corrected chi connectivity index (χ1v) is 8.69. The number of nitrogens with zero attached hydrogens (tertiary/aromatic N) is 1. The molecule has 0 spiro atoms. The van der Waals surface area contributed by atoms with Crippen LogP contribution >= 0.6 is 11.6 Å². The maximum Gasteiger partial charge on any atom is 0.391 e. The van der Waals surface area contributed by atoms with E-state index in [0.29, 0.717) is 10.9 Å². The normalized spacial score (nSPS) is 13.9. The van der Waals surface area contributed by atoms with Gasteiger partial charge in [-0.2, -0.15) is 13.2 Å². The van der Waals surface area contributed by atoms with Crippen LogP contribution in [0.15, 0.2) is 60.8 Å². The molecule has 1 unspecified atom stereocenters. The van der Waals surface area contributed by atoms with E-state index < -0.39 is 29.2 Å². The Balaban J connectivity index is 1.88. The molecule has 1 atom stereocenters. The zero-order valence-corrected chi connectivity index (χ0v) is 15.2. The number of alkyl halides is 4. The fourth-order valence-electron chi connectivity index (χ4n) is 2.90. The molecule has 0 radical (unpaired) electrons. The summed E-state index contributed by atoms with van der Waals surface area (Å²) in [6.07, 6.45) is -5.27. The molecule has 1 N–H and O–H groups in total. The second-order valence-corrected chi connectivity index (χ2v) is 7.13. The number of fused-ring (bicyclic) bond motifs is 1. The van der Waals surface area contributed by atoms with E-state index in [2.05, 4.69) is 10.3 Å². The van der Waals surface area contributed by atoms with E-state index in [1.54, 1.807) is 36.4 Å². The lowest BCUT2D eigenvalue weighted by molar-refractivity contribution is -0.148. The molecule has 3 rings (SSSR count). The highest BCUT2D eigenvalue weighted by Crippen LogP contribution is 2.36. The number of hydrogen-bond acceptors (Lipinski definition) is 2. The number of pyridine rings is 1. The van der Waals surface area contributed by atoms with Gasteiger partial charge in [0.05, 0.1) is 18.3 Å². The Morgan fingerprint density at radius 2 is 1.79 bits per heavy atom. The van der Waals surface area contributed by atoms with Crippen LogP contribution in [0.1, 0.15) is 12.0 Å². The Bertz CT molecular complexity index is 994. The third kappa shape index (κ3) is 4.78. The van der Waals surface area contributed by atoms with Gasteiger partial charge in [0.15, 0.2) is 0 Å². The van der Waals surface area contributed by atoms with Crippen LogP contribution in [0.3, 0.4) is 0 Å². The quantitative estimate of drug-likeness (QED) is 0.446. The fourth-order valence-corrected chi connectivity index (χ4v) is 3.25. The summed E-state index contributed by atoms with van der Waals surface area (Å²) in [7, 11) is 0. The van der Waals surface area contributed by atoms with Crippen molar-refractivity contribution in [3.05, 3.63) is 72.2 Å². The average molecular weight is 411 g/mol. The summed E-state index contributed by atoms with van der Waals surface area (Å²) in [4.78, 5) is 14.4. The third-order valence-electron chi connectivity index (χ3n) is 4.13. The lowest BCUT2D eigenvalue weighted by atomic mass is 9.93. The lowest BCUT2D eigenvalue weighted by Crippen LogP contribution is -2.43. The minimum Gasteiger partial charge on any atom is -0.323 e. The summed E-state index contributed by atoms with van der Waals surface area (Å²) in [6.45, 7) is 0. The summed E-state index contributed by atoms with van der Waals surface area (Å²) >= 11 is 6.19. The maximum atomic E-state index is 13.7. The molecule has 0 saturated heterocycles. The predicted octanol–water partition coefficient (Wildman–Crippen LogP) is 5.49. The first-order valence-electron chi connectivity index (χ1n) is 8.32. The molecule has 1 aromatic heterocycles. The first-order chi connectivity index (χ1) is 13.2. The van der Waals surface area contributed by atoms with Gasteiger partial charge in [-0.3, -0.25) is 9.78 Å². The highest BCUT2D eigenvalue weighted by molar-refractivity contribution is 6.36. The monoisotopic (exact) mass is 410 g/mol. The van der Waals surface area contributed by atoms with Crippen LogP contribution in [0, 0.1) is 5.82 Å². The summed E-state index contributed by atoms with van der Waals surface area (Å²) in [6, 6.07) is 13.9. The number of nitrogens with one attached hydrogen (secondary N) is 1. The summed E-state index contributed by atoms with van der Waals surface area (Å²) in [5.74, 6) is -1.55. The van der Waals surface area contributed by atoms with E-state index >= 15 is 0 Å². The zero-order chi connectivity index (χ0) is 20.4. The Hall–Kier alpha value is -2.67. The van der Waals surface area contributed by atoms with Crippen molar-refractivity contribution in [2.75, 3.05) is 5.32 Å². The molecular weight excluding hydrogens is 396 g/mol. The van der Waals surface area contributed by atoms with Crippen LogP contribution in [0.5, 0.6) is 0 Å². The van der Waals surface area contributed by atoms with Crippen LogP contribution < -0.4 is 5.32 Å². The molecule has 146 valence electrons. The van der Waals surface area contributed by atoms with Gasteiger partial charge < -0.3 is 5.32 Å². The van der Waals surface area contributed by atoms with E-state index in [0.717, 1.165) is 0 Å². The van der Waals surface area contributed by atoms with Crippen molar-refractivity contribution < 1.29 is 22.4 Å². The van der Waals surface area contributed by atoms with Crippen LogP contribution in [0.2, 0.25) is 0 Å². The molecule has 3 nitrogen and oxygen atoms in total. The molecule has 2 aromatic carbocycles. The Morgan fingerprint density at radius 3 is 2.46 bits per heavy atom. The van der Waals surface area contributed by atoms with Crippen molar-refractivity contribution in [2.24, 2.45) is 0 Å². The molecule has 0 bridgehead atoms. The largest absolute Gasteiger partial charge is 0.391 e. The minimum absolute atomic E-state index is 0.0946. The number of benzene rings is 2. The highest BCUT2D eigenvalue weighted by atomic mass is 35.5. The highest BCUT2D eigenvalue weighted by Gasteiger charge is 2.46. The Kier molecular flexibility index (Phi) is 5.56. The summed E-state index contributed by atoms with van der Waals surface area (Å²) in [5, 5.41) is 2.78. The summed E-state index contributed by atoms with van der Waals surface area (Å²) in [5.41, 5.74) is 0.719. The lowest BCUT2D eigenvalue weighted by Gasteiger charge is -2.27. The molecular formula is C20H15ClF4N2O. The van der Waals surface area contributed by atoms with Gasteiger partial charge in [-0.05, 0) is 17.7 Å². The first kappa shape index (κ1) is 20.1. The average Bonchev–Trinajstić information content (AvgIpc) is 2.61. The number of aromatic nitrogens is 1. The number of halogens is 5. The van der Waals surface area contributed by atoms with Crippen LogP contribution in [-0.2, 0) is 11.2 Å². The molecule has 1 heterocycles. The fraction of sp³-hybridized carbons (Fsp3) is 0.200. The van der Waals surface area contributed by atoms with Gasteiger partial charge in [-0.25, -0.2) is 4.39 Å². The number of carbonyl (C=O) groups excluding carboxylic acids is 1. The van der Waals surface area contributed by atoms with Crippen molar-refractivity contribution in [3.8, 4) is 0 Å². The number of rotatable bonds is 5. The molecule has 0 aliphatic rings. The SMILES string of the molecule is O=C(Nc1cnc2c(F)cccc2c1)C(Cl)(Cc1ccccc1)CC(F)(F)F. The topological polar surface area (TPSA) is 42.0 Å².